The fraction of sp³-hybridized carbons (Fsp3) is 0.375. The summed E-state index contributed by atoms with van der Waals surface area (Å²) in [5, 5.41) is 2.10. The van der Waals surface area contributed by atoms with E-state index in [9.17, 15) is 19.2 Å². The van der Waals surface area contributed by atoms with Gasteiger partial charge in [-0.05, 0) is 25.5 Å². The maximum Gasteiger partial charge on any atom is 0.335 e. The van der Waals surface area contributed by atoms with Gasteiger partial charge in [-0.1, -0.05) is 37.9 Å². The van der Waals surface area contributed by atoms with Crippen molar-refractivity contribution in [3.63, 3.8) is 0 Å². The highest BCUT2D eigenvalue weighted by Crippen LogP contribution is 2.34. The Morgan fingerprint density at radius 1 is 1.32 bits per heavy atom. The number of para-hydroxylation sites is 1. The van der Waals surface area contributed by atoms with Crippen LogP contribution >= 0.6 is 0 Å². The fourth-order valence-corrected chi connectivity index (χ4v) is 2.55. The van der Waals surface area contributed by atoms with Crippen LogP contribution in [0.1, 0.15) is 34.5 Å². The number of amides is 4. The minimum Gasteiger partial charge on any atom is -0.298 e. The van der Waals surface area contributed by atoms with Gasteiger partial charge in [-0.15, -0.1) is 0 Å². The summed E-state index contributed by atoms with van der Waals surface area (Å²) in [5.74, 6) is -2.31. The van der Waals surface area contributed by atoms with Gasteiger partial charge >= 0.3 is 6.03 Å². The molecule has 1 atom stereocenters. The molecule has 0 saturated carbocycles. The van der Waals surface area contributed by atoms with Crippen molar-refractivity contribution in [1.29, 1.82) is 0 Å². The number of nitrogens with one attached hydrogen (secondary N) is 1. The zero-order valence-corrected chi connectivity index (χ0v) is 12.5. The van der Waals surface area contributed by atoms with Crippen LogP contribution in [0.2, 0.25) is 0 Å². The predicted octanol–water partition coefficient (Wildman–Crippen LogP) is 2.04. The molecule has 1 aliphatic rings. The summed E-state index contributed by atoms with van der Waals surface area (Å²) in [7, 11) is 0. The van der Waals surface area contributed by atoms with Crippen LogP contribution < -0.4 is 10.2 Å². The number of benzene rings is 1. The first kappa shape index (κ1) is 14.4. The maximum atomic E-state index is 12.9. The van der Waals surface area contributed by atoms with E-state index in [1.165, 1.54) is 31.2 Å². The van der Waals surface area contributed by atoms with Crippen molar-refractivity contribution in [2.75, 3.05) is 4.90 Å². The van der Waals surface area contributed by atoms with Gasteiger partial charge in [0.1, 0.15) is 0 Å². The molecule has 4 amide bonds. The van der Waals surface area contributed by atoms with Crippen molar-refractivity contribution in [2.45, 2.75) is 33.1 Å². The Morgan fingerprint density at radius 2 is 2.05 bits per heavy atom. The molecule has 1 aromatic carbocycles. The smallest absolute Gasteiger partial charge is 0.298 e. The number of nitrogens with zero attached hydrogens (tertiary/aromatic N) is 1. The molecule has 6 heteroatoms. The molecule has 0 spiro atoms. The van der Waals surface area contributed by atoms with Gasteiger partial charge in [0.2, 0.25) is 0 Å². The third-order valence-electron chi connectivity index (χ3n) is 3.83. The van der Waals surface area contributed by atoms with E-state index < -0.39 is 29.0 Å². The van der Waals surface area contributed by atoms with Crippen molar-refractivity contribution in [2.24, 2.45) is 5.41 Å². The van der Waals surface area contributed by atoms with Gasteiger partial charge in [0.05, 0.1) is 7.06 Å². The van der Waals surface area contributed by atoms with Gasteiger partial charge in [-0.2, -0.15) is 0 Å². The molecule has 0 radical (unpaired) electrons. The van der Waals surface area contributed by atoms with Crippen LogP contribution in [-0.4, -0.2) is 23.6 Å². The summed E-state index contributed by atoms with van der Waals surface area (Å²) >= 11 is 0. The monoisotopic (exact) mass is 304 g/mol. The Kier molecular flexibility index (Phi) is 4.00. The van der Waals surface area contributed by atoms with E-state index in [0.29, 0.717) is 12.8 Å². The van der Waals surface area contributed by atoms with Crippen molar-refractivity contribution < 1.29 is 20.5 Å². The molecule has 1 aromatic rings. The fourth-order valence-electron chi connectivity index (χ4n) is 2.55. The highest BCUT2D eigenvalue weighted by atomic mass is 16.2. The molecule has 1 N–H and O–H groups in total. The Labute approximate surface area is 129 Å². The van der Waals surface area contributed by atoms with Crippen LogP contribution in [0.3, 0.4) is 0 Å². The number of barbiturate groups is 1. The molecule has 0 aromatic heterocycles. The Balaban J connectivity index is 2.53. The van der Waals surface area contributed by atoms with Gasteiger partial charge in [0.25, 0.3) is 11.8 Å². The average Bonchev–Trinajstić information content (AvgIpc) is 2.47. The minimum absolute atomic E-state index is 0.0495. The summed E-state index contributed by atoms with van der Waals surface area (Å²) in [5.41, 5.74) is -1.73. The molecular formula is C16H18N2O4. The lowest BCUT2D eigenvalue weighted by Gasteiger charge is -2.37. The first-order valence-corrected chi connectivity index (χ1v) is 7.12. The van der Waals surface area contributed by atoms with Crippen LogP contribution in [-0.2, 0) is 14.4 Å². The molecule has 22 heavy (non-hydrogen) atoms. The van der Waals surface area contributed by atoms with Gasteiger partial charge in [-0.25, -0.2) is 9.69 Å². The molecule has 1 saturated heterocycles. The minimum atomic E-state index is -1.89. The molecule has 0 aliphatic carbocycles. The van der Waals surface area contributed by atoms with Crippen molar-refractivity contribution >= 4 is 29.3 Å². The number of unbranched alkanes of at least 4 members (excludes halogenated alkanes) is 1. The topological polar surface area (TPSA) is 83.6 Å². The zero-order valence-electron chi connectivity index (χ0n) is 13.5. The number of hydrogen-bond donors (Lipinski definition) is 1. The summed E-state index contributed by atoms with van der Waals surface area (Å²) in [6.07, 6.45) is 1.25. The van der Waals surface area contributed by atoms with E-state index in [2.05, 4.69) is 5.32 Å². The summed E-state index contributed by atoms with van der Waals surface area (Å²) in [6, 6.07) is 5.04. The van der Waals surface area contributed by atoms with Crippen molar-refractivity contribution in [3.8, 4) is 0 Å². The second kappa shape index (κ2) is 6.09. The number of urea groups is 1. The summed E-state index contributed by atoms with van der Waals surface area (Å²) < 4.78 is 7.62. The second-order valence-corrected chi connectivity index (χ2v) is 5.23. The second-order valence-electron chi connectivity index (χ2n) is 5.23. The molecular weight excluding hydrogens is 284 g/mol. The lowest BCUT2D eigenvalue weighted by Crippen LogP contribution is -2.66. The third kappa shape index (κ3) is 2.41. The molecule has 1 unspecified atom stereocenters. The van der Waals surface area contributed by atoms with E-state index in [0.717, 1.165) is 4.90 Å². The SMILES string of the molecule is [3H]c1cccc(N2C(=O)NC(=O)C(CCCC)(C(C)=O)C2=O)c1. The number of ketones is 1. The Hall–Kier alpha value is -2.50. The zero-order chi connectivity index (χ0) is 17.2. The summed E-state index contributed by atoms with van der Waals surface area (Å²) in [4.78, 5) is 50.2. The average molecular weight is 304 g/mol. The number of rotatable bonds is 5. The van der Waals surface area contributed by atoms with E-state index in [1.54, 1.807) is 0 Å². The van der Waals surface area contributed by atoms with Crippen molar-refractivity contribution in [3.05, 3.63) is 30.3 Å². The first-order valence-electron chi connectivity index (χ1n) is 7.62. The Bertz CT molecular complexity index is 688. The van der Waals surface area contributed by atoms with E-state index >= 15 is 0 Å². The molecule has 1 heterocycles. The Morgan fingerprint density at radius 3 is 2.64 bits per heavy atom. The van der Waals surface area contributed by atoms with E-state index in [4.69, 9.17) is 1.37 Å². The quantitative estimate of drug-likeness (QED) is 0.844. The van der Waals surface area contributed by atoms with Crippen LogP contribution in [0.5, 0.6) is 0 Å². The van der Waals surface area contributed by atoms with Crippen LogP contribution in [0, 0.1) is 5.41 Å². The van der Waals surface area contributed by atoms with Gasteiger partial charge in [-0.3, -0.25) is 19.7 Å². The number of carbonyl (C=O) groups is 4. The summed E-state index contributed by atoms with van der Waals surface area (Å²) in [6.45, 7) is 3.06. The molecule has 6 nitrogen and oxygen atoms in total. The van der Waals surface area contributed by atoms with E-state index in [1.807, 2.05) is 6.92 Å². The lowest BCUT2D eigenvalue weighted by atomic mass is 9.75. The largest absolute Gasteiger partial charge is 0.335 e. The van der Waals surface area contributed by atoms with Crippen LogP contribution in [0.15, 0.2) is 30.3 Å². The number of anilines is 1. The molecule has 1 aliphatic heterocycles. The van der Waals surface area contributed by atoms with Gasteiger partial charge < -0.3 is 0 Å². The molecule has 116 valence electrons. The molecule has 1 fully saturated rings. The highest BCUT2D eigenvalue weighted by Gasteiger charge is 2.57. The maximum absolute atomic E-state index is 12.9. The first-order chi connectivity index (χ1) is 10.8. The van der Waals surface area contributed by atoms with Gasteiger partial charge in [0.15, 0.2) is 11.2 Å². The number of imide groups is 2. The molecule has 2 rings (SSSR count). The number of carbonyl (C=O) groups excluding carboxylic acids is 4. The van der Waals surface area contributed by atoms with E-state index in [-0.39, 0.29) is 18.2 Å². The van der Waals surface area contributed by atoms with Crippen LogP contribution in [0.25, 0.3) is 0 Å². The normalized spacial score (nSPS) is 22.4. The molecule has 0 bridgehead atoms. The standard InChI is InChI=1S/C16H18N2O4/c1-3-4-10-16(11(2)19)13(20)17-15(22)18(14(16)21)12-8-6-5-7-9-12/h5-9H,3-4,10H2,1-2H3,(H,17,20,22)/i6T. The lowest BCUT2D eigenvalue weighted by molar-refractivity contribution is -0.150. The van der Waals surface area contributed by atoms with Crippen molar-refractivity contribution in [1.82, 2.24) is 5.32 Å². The predicted molar refractivity (Wildman–Crippen MR) is 80.1 cm³/mol. The number of Topliss-reactive ketones (excluding diaryl/α,β-unsaturated/α-hetero) is 1. The number of hydrogen-bond acceptors (Lipinski definition) is 4. The van der Waals surface area contributed by atoms with Crippen LogP contribution in [0.4, 0.5) is 10.5 Å². The van der Waals surface area contributed by atoms with Gasteiger partial charge in [0, 0.05) is 0 Å². The third-order valence-corrected chi connectivity index (χ3v) is 3.83. The highest BCUT2D eigenvalue weighted by molar-refractivity contribution is 6.37.